The van der Waals surface area contributed by atoms with Crippen molar-refractivity contribution in [3.8, 4) is 11.5 Å². The lowest BCUT2D eigenvalue weighted by Crippen LogP contribution is -1.98. The lowest BCUT2D eigenvalue weighted by Gasteiger charge is -2.09. The third-order valence-electron chi connectivity index (χ3n) is 2.64. The molecule has 0 spiro atoms. The van der Waals surface area contributed by atoms with Gasteiger partial charge in [-0.05, 0) is 18.6 Å². The first-order valence-electron chi connectivity index (χ1n) is 5.78. The minimum Gasteiger partial charge on any atom is -0.507 e. The van der Waals surface area contributed by atoms with Crippen molar-refractivity contribution in [2.45, 2.75) is 13.5 Å². The van der Waals surface area contributed by atoms with Crippen LogP contribution in [0.2, 0.25) is 5.02 Å². The number of rotatable bonds is 4. The summed E-state index contributed by atoms with van der Waals surface area (Å²) in [7, 11) is 0. The number of carbonyl (C=O) groups is 1. The maximum Gasteiger partial charge on any atom is 0.165 e. The zero-order valence-corrected chi connectivity index (χ0v) is 11.1. The molecule has 0 aromatic heterocycles. The van der Waals surface area contributed by atoms with Crippen LogP contribution in [-0.2, 0) is 6.61 Å². The highest BCUT2D eigenvalue weighted by Crippen LogP contribution is 2.32. The van der Waals surface area contributed by atoms with Crippen LogP contribution in [0.5, 0.6) is 11.5 Å². The molecule has 3 nitrogen and oxygen atoms in total. The van der Waals surface area contributed by atoms with Crippen molar-refractivity contribution in [1.82, 2.24) is 0 Å². The molecule has 0 unspecified atom stereocenters. The normalized spacial score (nSPS) is 10.2. The van der Waals surface area contributed by atoms with E-state index in [1.165, 1.54) is 19.1 Å². The molecule has 2 aromatic rings. The molecule has 98 valence electrons. The van der Waals surface area contributed by atoms with Gasteiger partial charge in [-0.1, -0.05) is 41.9 Å². The molecule has 0 aliphatic carbocycles. The van der Waals surface area contributed by atoms with E-state index in [1.54, 1.807) is 0 Å². The number of ether oxygens (including phenoxy) is 1. The van der Waals surface area contributed by atoms with Gasteiger partial charge in [0.25, 0.3) is 0 Å². The third-order valence-corrected chi connectivity index (χ3v) is 2.94. The predicted octanol–water partition coefficient (Wildman–Crippen LogP) is 3.83. The van der Waals surface area contributed by atoms with Crippen molar-refractivity contribution in [2.75, 3.05) is 0 Å². The number of carbonyl (C=O) groups excluding carboxylic acids is 1. The van der Waals surface area contributed by atoms with Crippen LogP contribution in [0.1, 0.15) is 22.8 Å². The standard InChI is InChI=1S/C15H13ClO3/c1-10(17)15-13(16)7-12(8-14(15)18)19-9-11-5-3-2-4-6-11/h2-8,18H,9H2,1H3. The van der Waals surface area contributed by atoms with Gasteiger partial charge in [0.15, 0.2) is 5.78 Å². The second-order valence-corrected chi connectivity index (χ2v) is 4.54. The molecule has 0 fully saturated rings. The number of phenolic OH excluding ortho intramolecular Hbond substituents is 1. The van der Waals surface area contributed by atoms with Crippen LogP contribution in [0.15, 0.2) is 42.5 Å². The van der Waals surface area contributed by atoms with E-state index in [4.69, 9.17) is 16.3 Å². The second kappa shape index (κ2) is 5.76. The summed E-state index contributed by atoms with van der Waals surface area (Å²) in [6.45, 7) is 1.72. The van der Waals surface area contributed by atoms with Gasteiger partial charge in [0.05, 0.1) is 10.6 Å². The molecule has 1 N–H and O–H groups in total. The number of phenols is 1. The van der Waals surface area contributed by atoms with Crippen molar-refractivity contribution in [1.29, 1.82) is 0 Å². The van der Waals surface area contributed by atoms with Gasteiger partial charge in [0.2, 0.25) is 0 Å². The fourth-order valence-electron chi connectivity index (χ4n) is 1.74. The molecule has 4 heteroatoms. The summed E-state index contributed by atoms with van der Waals surface area (Å²) in [4.78, 5) is 11.3. The molecule has 0 aliphatic heterocycles. The van der Waals surface area contributed by atoms with Gasteiger partial charge < -0.3 is 9.84 Å². The zero-order valence-electron chi connectivity index (χ0n) is 10.4. The Labute approximate surface area is 116 Å². The summed E-state index contributed by atoms with van der Waals surface area (Å²) in [5, 5.41) is 9.94. The lowest BCUT2D eigenvalue weighted by atomic mass is 10.1. The van der Waals surface area contributed by atoms with E-state index in [2.05, 4.69) is 0 Å². The molecule has 0 amide bonds. The van der Waals surface area contributed by atoms with Crippen LogP contribution in [0.25, 0.3) is 0 Å². The molecule has 2 aromatic carbocycles. The Morgan fingerprint density at radius 3 is 2.53 bits per heavy atom. The topological polar surface area (TPSA) is 46.5 Å². The molecule has 0 bridgehead atoms. The van der Waals surface area contributed by atoms with E-state index in [0.29, 0.717) is 12.4 Å². The average Bonchev–Trinajstić information content (AvgIpc) is 2.36. The highest BCUT2D eigenvalue weighted by atomic mass is 35.5. The van der Waals surface area contributed by atoms with Gasteiger partial charge >= 0.3 is 0 Å². The summed E-state index contributed by atoms with van der Waals surface area (Å²) >= 11 is 5.95. The van der Waals surface area contributed by atoms with Crippen LogP contribution in [0, 0.1) is 0 Å². The number of hydrogen-bond acceptors (Lipinski definition) is 3. The van der Waals surface area contributed by atoms with Gasteiger partial charge in [-0.15, -0.1) is 0 Å². The number of aromatic hydroxyl groups is 1. The van der Waals surface area contributed by atoms with Crippen molar-refractivity contribution >= 4 is 17.4 Å². The molecule has 2 rings (SSSR count). The van der Waals surface area contributed by atoms with Gasteiger partial charge in [-0.25, -0.2) is 0 Å². The highest BCUT2D eigenvalue weighted by Gasteiger charge is 2.13. The van der Waals surface area contributed by atoms with Crippen LogP contribution in [0.4, 0.5) is 0 Å². The number of hydrogen-bond donors (Lipinski definition) is 1. The molecule has 0 radical (unpaired) electrons. The van der Waals surface area contributed by atoms with Crippen molar-refractivity contribution < 1.29 is 14.6 Å². The molecule has 0 saturated carbocycles. The summed E-state index contributed by atoms with van der Waals surface area (Å²) in [5.41, 5.74) is 1.13. The van der Waals surface area contributed by atoms with Crippen LogP contribution in [-0.4, -0.2) is 10.9 Å². The highest BCUT2D eigenvalue weighted by molar-refractivity contribution is 6.34. The summed E-state index contributed by atoms with van der Waals surface area (Å²) < 4.78 is 5.53. The van der Waals surface area contributed by atoms with Gasteiger partial charge in [0.1, 0.15) is 18.1 Å². The monoisotopic (exact) mass is 276 g/mol. The molecule has 19 heavy (non-hydrogen) atoms. The van der Waals surface area contributed by atoms with E-state index >= 15 is 0 Å². The van der Waals surface area contributed by atoms with Crippen LogP contribution < -0.4 is 4.74 Å². The van der Waals surface area contributed by atoms with E-state index in [0.717, 1.165) is 5.56 Å². The zero-order chi connectivity index (χ0) is 13.8. The Bertz CT molecular complexity index is 571. The molecule has 0 atom stereocenters. The second-order valence-electron chi connectivity index (χ2n) is 4.13. The Kier molecular flexibility index (Phi) is 4.07. The molecule has 0 aliphatic rings. The number of Topliss-reactive ketones (excluding diaryl/α,β-unsaturated/α-hetero) is 1. The molecule has 0 saturated heterocycles. The van der Waals surface area contributed by atoms with Crippen molar-refractivity contribution in [2.24, 2.45) is 0 Å². The van der Waals surface area contributed by atoms with E-state index in [1.807, 2.05) is 30.3 Å². The minimum atomic E-state index is -0.280. The Morgan fingerprint density at radius 2 is 1.95 bits per heavy atom. The fourth-order valence-corrected chi connectivity index (χ4v) is 2.08. The first kappa shape index (κ1) is 13.4. The first-order valence-corrected chi connectivity index (χ1v) is 6.16. The average molecular weight is 277 g/mol. The van der Waals surface area contributed by atoms with Crippen LogP contribution in [0.3, 0.4) is 0 Å². The summed E-state index contributed by atoms with van der Waals surface area (Å²) in [5.74, 6) is -0.0171. The minimum absolute atomic E-state index is 0.119. The van der Waals surface area contributed by atoms with Crippen molar-refractivity contribution in [3.05, 3.63) is 58.6 Å². The fraction of sp³-hybridized carbons (Fsp3) is 0.133. The molecular weight excluding hydrogens is 264 g/mol. The maximum absolute atomic E-state index is 11.3. The predicted molar refractivity (Wildman–Crippen MR) is 73.9 cm³/mol. The SMILES string of the molecule is CC(=O)c1c(O)cc(OCc2ccccc2)cc1Cl. The van der Waals surface area contributed by atoms with E-state index in [-0.39, 0.29) is 22.1 Å². The third kappa shape index (κ3) is 3.26. The summed E-state index contributed by atoms with van der Waals surface area (Å²) in [6, 6.07) is 12.6. The van der Waals surface area contributed by atoms with E-state index in [9.17, 15) is 9.90 Å². The Morgan fingerprint density at radius 1 is 1.26 bits per heavy atom. The van der Waals surface area contributed by atoms with Crippen molar-refractivity contribution in [3.63, 3.8) is 0 Å². The number of benzene rings is 2. The van der Waals surface area contributed by atoms with Gasteiger partial charge in [-0.2, -0.15) is 0 Å². The summed E-state index contributed by atoms with van der Waals surface area (Å²) in [6.07, 6.45) is 0. The maximum atomic E-state index is 11.3. The molecule has 0 heterocycles. The largest absolute Gasteiger partial charge is 0.507 e. The van der Waals surface area contributed by atoms with Gasteiger partial charge in [-0.3, -0.25) is 4.79 Å². The first-order chi connectivity index (χ1) is 9.08. The van der Waals surface area contributed by atoms with Crippen LogP contribution >= 0.6 is 11.6 Å². The Balaban J connectivity index is 2.16. The number of halogens is 1. The molecular formula is C15H13ClO3. The quantitative estimate of drug-likeness (QED) is 0.864. The van der Waals surface area contributed by atoms with E-state index < -0.39 is 0 Å². The smallest absolute Gasteiger partial charge is 0.165 e. The lowest BCUT2D eigenvalue weighted by molar-refractivity contribution is 0.101. The Hall–Kier alpha value is -2.00. The van der Waals surface area contributed by atoms with Gasteiger partial charge in [0, 0.05) is 6.07 Å². The number of ketones is 1.